The zero-order chi connectivity index (χ0) is 13.4. The molecule has 1 fully saturated rings. The predicted octanol–water partition coefficient (Wildman–Crippen LogP) is 0.247. The van der Waals surface area contributed by atoms with Crippen LogP contribution in [0.25, 0.3) is 0 Å². The van der Waals surface area contributed by atoms with Gasteiger partial charge in [0.25, 0.3) is 0 Å². The van der Waals surface area contributed by atoms with Crippen LogP contribution < -0.4 is 10.0 Å². The largest absolute Gasteiger partial charge is 0.320 e. The van der Waals surface area contributed by atoms with Crippen LogP contribution >= 0.6 is 0 Å². The molecule has 1 heterocycles. The SMILES string of the molecule is CNCCCS(=O)(=O)NCCC1CCN(C)CC1. The average Bonchev–Trinajstić information content (AvgIpc) is 2.32. The maximum Gasteiger partial charge on any atom is 0.211 e. The molecule has 0 spiro atoms. The second-order valence-corrected chi connectivity index (χ2v) is 7.13. The average molecular weight is 277 g/mol. The van der Waals surface area contributed by atoms with Gasteiger partial charge in [-0.25, -0.2) is 13.1 Å². The van der Waals surface area contributed by atoms with E-state index in [-0.39, 0.29) is 5.75 Å². The topological polar surface area (TPSA) is 61.4 Å². The minimum Gasteiger partial charge on any atom is -0.320 e. The molecule has 0 aromatic carbocycles. The van der Waals surface area contributed by atoms with Gasteiger partial charge in [0.1, 0.15) is 0 Å². The van der Waals surface area contributed by atoms with E-state index in [4.69, 9.17) is 0 Å². The summed E-state index contributed by atoms with van der Waals surface area (Å²) in [6.45, 7) is 3.62. The van der Waals surface area contributed by atoms with Crippen LogP contribution in [0, 0.1) is 5.92 Å². The predicted molar refractivity (Wildman–Crippen MR) is 75.2 cm³/mol. The fraction of sp³-hybridized carbons (Fsp3) is 1.00. The lowest BCUT2D eigenvalue weighted by Crippen LogP contribution is -2.33. The molecule has 6 heteroatoms. The fourth-order valence-electron chi connectivity index (χ4n) is 2.28. The minimum absolute atomic E-state index is 0.223. The van der Waals surface area contributed by atoms with Crippen molar-refractivity contribution in [3.05, 3.63) is 0 Å². The summed E-state index contributed by atoms with van der Waals surface area (Å²) in [7, 11) is 0.907. The second kappa shape index (κ2) is 8.09. The van der Waals surface area contributed by atoms with Crippen LogP contribution in [0.1, 0.15) is 25.7 Å². The van der Waals surface area contributed by atoms with E-state index in [1.807, 2.05) is 7.05 Å². The van der Waals surface area contributed by atoms with Gasteiger partial charge >= 0.3 is 0 Å². The standard InChI is InChI=1S/C12H27N3O2S/c1-13-7-3-11-18(16,17)14-8-4-12-5-9-15(2)10-6-12/h12-14H,3-11H2,1-2H3. The number of hydrogen-bond donors (Lipinski definition) is 2. The van der Waals surface area contributed by atoms with Crippen molar-refractivity contribution in [2.45, 2.75) is 25.7 Å². The van der Waals surface area contributed by atoms with E-state index in [1.54, 1.807) is 0 Å². The van der Waals surface area contributed by atoms with E-state index < -0.39 is 10.0 Å². The molecule has 1 aliphatic heterocycles. The summed E-state index contributed by atoms with van der Waals surface area (Å²) in [5, 5.41) is 2.96. The van der Waals surface area contributed by atoms with E-state index >= 15 is 0 Å². The number of likely N-dealkylation sites (tertiary alicyclic amines) is 1. The van der Waals surface area contributed by atoms with Crippen LogP contribution in [0.3, 0.4) is 0 Å². The molecule has 0 atom stereocenters. The molecule has 18 heavy (non-hydrogen) atoms. The zero-order valence-corrected chi connectivity index (χ0v) is 12.4. The van der Waals surface area contributed by atoms with Gasteiger partial charge in [-0.1, -0.05) is 0 Å². The molecule has 0 bridgehead atoms. The quantitative estimate of drug-likeness (QED) is 0.624. The van der Waals surface area contributed by atoms with E-state index in [2.05, 4.69) is 22.0 Å². The van der Waals surface area contributed by atoms with Crippen molar-refractivity contribution in [3.63, 3.8) is 0 Å². The lowest BCUT2D eigenvalue weighted by atomic mass is 9.94. The number of sulfonamides is 1. The number of piperidine rings is 1. The third kappa shape index (κ3) is 6.68. The van der Waals surface area contributed by atoms with Crippen LogP contribution in [-0.2, 0) is 10.0 Å². The van der Waals surface area contributed by atoms with Gasteiger partial charge in [-0.05, 0) is 65.3 Å². The Morgan fingerprint density at radius 3 is 2.50 bits per heavy atom. The smallest absolute Gasteiger partial charge is 0.211 e. The molecule has 0 saturated carbocycles. The third-order valence-electron chi connectivity index (χ3n) is 3.55. The molecule has 1 saturated heterocycles. The molecule has 0 radical (unpaired) electrons. The first kappa shape index (κ1) is 15.9. The normalized spacial score (nSPS) is 19.2. The highest BCUT2D eigenvalue weighted by atomic mass is 32.2. The lowest BCUT2D eigenvalue weighted by molar-refractivity contribution is 0.213. The Kier molecular flexibility index (Phi) is 7.14. The second-order valence-electron chi connectivity index (χ2n) is 5.21. The Hall–Kier alpha value is -0.170. The maximum atomic E-state index is 11.7. The third-order valence-corrected chi connectivity index (χ3v) is 5.02. The number of rotatable bonds is 8. The van der Waals surface area contributed by atoms with E-state index in [0.29, 0.717) is 18.9 Å². The van der Waals surface area contributed by atoms with Gasteiger partial charge in [0.05, 0.1) is 5.75 Å². The zero-order valence-electron chi connectivity index (χ0n) is 11.6. The Labute approximate surface area is 111 Å². The fourth-order valence-corrected chi connectivity index (χ4v) is 3.38. The van der Waals surface area contributed by atoms with Crippen LogP contribution in [0.4, 0.5) is 0 Å². The molecule has 108 valence electrons. The van der Waals surface area contributed by atoms with E-state index in [9.17, 15) is 8.42 Å². The Balaban J connectivity index is 2.12. The van der Waals surface area contributed by atoms with Crippen molar-refractivity contribution in [1.29, 1.82) is 0 Å². The van der Waals surface area contributed by atoms with Crippen molar-refractivity contribution in [1.82, 2.24) is 14.9 Å². The highest BCUT2D eigenvalue weighted by Gasteiger charge is 2.17. The summed E-state index contributed by atoms with van der Waals surface area (Å²) in [5.41, 5.74) is 0. The summed E-state index contributed by atoms with van der Waals surface area (Å²) in [6, 6.07) is 0. The van der Waals surface area contributed by atoms with E-state index in [0.717, 1.165) is 26.1 Å². The first-order chi connectivity index (χ1) is 8.53. The molecule has 0 aromatic heterocycles. The molecule has 2 N–H and O–H groups in total. The summed E-state index contributed by atoms with van der Waals surface area (Å²) in [4.78, 5) is 2.33. The molecule has 0 aromatic rings. The first-order valence-corrected chi connectivity index (χ1v) is 8.49. The Morgan fingerprint density at radius 2 is 1.89 bits per heavy atom. The monoisotopic (exact) mass is 277 g/mol. The van der Waals surface area contributed by atoms with Gasteiger partial charge in [-0.15, -0.1) is 0 Å². The van der Waals surface area contributed by atoms with Gasteiger partial charge in [0.2, 0.25) is 10.0 Å². The van der Waals surface area contributed by atoms with Crippen LogP contribution in [0.2, 0.25) is 0 Å². The van der Waals surface area contributed by atoms with Gasteiger partial charge in [-0.2, -0.15) is 0 Å². The summed E-state index contributed by atoms with van der Waals surface area (Å²) >= 11 is 0. The van der Waals surface area contributed by atoms with Crippen LogP contribution in [-0.4, -0.2) is 59.3 Å². The Morgan fingerprint density at radius 1 is 1.22 bits per heavy atom. The van der Waals surface area contributed by atoms with Crippen molar-refractivity contribution in [2.75, 3.05) is 46.0 Å². The molecule has 5 nitrogen and oxygen atoms in total. The van der Waals surface area contributed by atoms with Crippen molar-refractivity contribution < 1.29 is 8.42 Å². The summed E-state index contributed by atoms with van der Waals surface area (Å²) in [6.07, 6.45) is 4.02. The van der Waals surface area contributed by atoms with Crippen molar-refractivity contribution in [3.8, 4) is 0 Å². The minimum atomic E-state index is -3.07. The van der Waals surface area contributed by atoms with Crippen LogP contribution in [0.5, 0.6) is 0 Å². The molecule has 0 aliphatic carbocycles. The highest BCUT2D eigenvalue weighted by molar-refractivity contribution is 7.89. The molecule has 0 unspecified atom stereocenters. The van der Waals surface area contributed by atoms with E-state index in [1.165, 1.54) is 12.8 Å². The molecule has 1 aliphatic rings. The lowest BCUT2D eigenvalue weighted by Gasteiger charge is -2.28. The van der Waals surface area contributed by atoms with Crippen LogP contribution in [0.15, 0.2) is 0 Å². The molecular formula is C12H27N3O2S. The van der Waals surface area contributed by atoms with Gasteiger partial charge in [-0.3, -0.25) is 0 Å². The van der Waals surface area contributed by atoms with Gasteiger partial charge < -0.3 is 10.2 Å². The maximum absolute atomic E-state index is 11.7. The van der Waals surface area contributed by atoms with Gasteiger partial charge in [0.15, 0.2) is 0 Å². The highest BCUT2D eigenvalue weighted by Crippen LogP contribution is 2.18. The first-order valence-electron chi connectivity index (χ1n) is 6.84. The Bertz CT molecular complexity index is 311. The number of nitrogens with one attached hydrogen (secondary N) is 2. The summed E-state index contributed by atoms with van der Waals surface area (Å²) in [5.74, 6) is 0.905. The van der Waals surface area contributed by atoms with Gasteiger partial charge in [0, 0.05) is 6.54 Å². The number of nitrogens with zero attached hydrogens (tertiary/aromatic N) is 1. The molecule has 0 amide bonds. The summed E-state index contributed by atoms with van der Waals surface area (Å²) < 4.78 is 26.0. The van der Waals surface area contributed by atoms with Crippen molar-refractivity contribution in [2.24, 2.45) is 5.92 Å². The molecular weight excluding hydrogens is 250 g/mol. The number of hydrogen-bond acceptors (Lipinski definition) is 4. The molecule has 1 rings (SSSR count). The van der Waals surface area contributed by atoms with Crippen molar-refractivity contribution >= 4 is 10.0 Å².